The number of nitrogens with one attached hydrogen (secondary N) is 1. The number of primary sulfonamides is 1. The number of rotatable bonds is 6. The molecule has 0 spiro atoms. The zero-order valence-corrected chi connectivity index (χ0v) is 14.2. The molecule has 0 radical (unpaired) electrons. The van der Waals surface area contributed by atoms with Crippen LogP contribution >= 0.6 is 0 Å². The third-order valence-corrected chi connectivity index (χ3v) is 5.48. The van der Waals surface area contributed by atoms with Crippen molar-refractivity contribution in [3.63, 3.8) is 0 Å². The summed E-state index contributed by atoms with van der Waals surface area (Å²) in [7, 11) is -6.47. The Labute approximate surface area is 139 Å². The molecule has 0 heterocycles. The maximum atomic E-state index is 13.6. The lowest BCUT2D eigenvalue weighted by Gasteiger charge is -2.09. The van der Waals surface area contributed by atoms with Gasteiger partial charge in [-0.25, -0.2) is 31.1 Å². The van der Waals surface area contributed by atoms with E-state index in [1.807, 2.05) is 0 Å². The first-order chi connectivity index (χ1) is 11.1. The summed E-state index contributed by atoms with van der Waals surface area (Å²) in [6.07, 6.45) is 0. The summed E-state index contributed by atoms with van der Waals surface area (Å²) in [4.78, 5) is -0.326. The Morgan fingerprint density at radius 3 is 2.12 bits per heavy atom. The molecule has 0 aliphatic rings. The van der Waals surface area contributed by atoms with Crippen molar-refractivity contribution in [2.75, 3.05) is 7.11 Å². The molecular formula is C14H15FN2O5S2. The van der Waals surface area contributed by atoms with E-state index in [4.69, 9.17) is 9.88 Å². The number of hydrogen-bond donors (Lipinski definition) is 2. The van der Waals surface area contributed by atoms with Crippen LogP contribution in [0.4, 0.5) is 4.39 Å². The van der Waals surface area contributed by atoms with Crippen LogP contribution in [0.25, 0.3) is 0 Å². The molecule has 0 amide bonds. The van der Waals surface area contributed by atoms with E-state index in [9.17, 15) is 21.2 Å². The molecule has 2 aromatic carbocycles. The van der Waals surface area contributed by atoms with Crippen molar-refractivity contribution in [3.8, 4) is 5.75 Å². The molecule has 0 fully saturated rings. The summed E-state index contributed by atoms with van der Waals surface area (Å²) < 4.78 is 67.2. The van der Waals surface area contributed by atoms with Crippen LogP contribution in [0.15, 0.2) is 52.3 Å². The Morgan fingerprint density at radius 2 is 1.62 bits per heavy atom. The van der Waals surface area contributed by atoms with E-state index in [2.05, 4.69) is 4.72 Å². The molecule has 0 saturated heterocycles. The lowest BCUT2D eigenvalue weighted by molar-refractivity contribution is 0.385. The Balaban J connectivity index is 2.14. The van der Waals surface area contributed by atoms with E-state index in [0.29, 0.717) is 5.56 Å². The average molecular weight is 374 g/mol. The van der Waals surface area contributed by atoms with Crippen molar-refractivity contribution >= 4 is 20.0 Å². The van der Waals surface area contributed by atoms with Gasteiger partial charge in [-0.2, -0.15) is 0 Å². The number of sulfonamides is 2. The van der Waals surface area contributed by atoms with Crippen molar-refractivity contribution in [2.45, 2.75) is 16.3 Å². The van der Waals surface area contributed by atoms with Crippen LogP contribution in [-0.4, -0.2) is 23.9 Å². The summed E-state index contributed by atoms with van der Waals surface area (Å²) >= 11 is 0. The molecule has 2 rings (SSSR count). The molecule has 2 aromatic rings. The molecule has 0 aromatic heterocycles. The number of methoxy groups -OCH3 is 1. The molecule has 0 bridgehead atoms. The Hall–Kier alpha value is -2.01. The summed E-state index contributed by atoms with van der Waals surface area (Å²) in [6.45, 7) is -0.0963. The van der Waals surface area contributed by atoms with Gasteiger partial charge in [0.15, 0.2) is 11.6 Å². The van der Waals surface area contributed by atoms with Gasteiger partial charge in [0.05, 0.1) is 16.9 Å². The minimum Gasteiger partial charge on any atom is -0.494 e. The summed E-state index contributed by atoms with van der Waals surface area (Å²) in [6, 6.07) is 8.68. The van der Waals surface area contributed by atoms with E-state index in [1.54, 1.807) is 0 Å². The van der Waals surface area contributed by atoms with Crippen molar-refractivity contribution in [2.24, 2.45) is 5.14 Å². The van der Waals surface area contributed by atoms with Gasteiger partial charge < -0.3 is 4.74 Å². The molecule has 24 heavy (non-hydrogen) atoms. The molecule has 130 valence electrons. The summed E-state index contributed by atoms with van der Waals surface area (Å²) in [5.41, 5.74) is 0.514. The van der Waals surface area contributed by atoms with Crippen LogP contribution < -0.4 is 14.6 Å². The Bertz CT molecular complexity index is 942. The first-order valence-electron chi connectivity index (χ1n) is 6.58. The van der Waals surface area contributed by atoms with E-state index >= 15 is 0 Å². The molecule has 3 N–H and O–H groups in total. The van der Waals surface area contributed by atoms with Crippen LogP contribution in [0.1, 0.15) is 5.56 Å². The minimum atomic E-state index is -3.93. The standard InChI is InChI=1S/C14H15FN2O5S2/c1-22-14-7-6-12(8-13(14)15)24(20,21)17-9-10-2-4-11(5-3-10)23(16,18)19/h2-8,17H,9H2,1H3,(H2,16,18,19). The summed E-state index contributed by atoms with van der Waals surface area (Å²) in [5.74, 6) is -0.856. The van der Waals surface area contributed by atoms with Gasteiger partial charge in [0.2, 0.25) is 20.0 Å². The van der Waals surface area contributed by atoms with Gasteiger partial charge >= 0.3 is 0 Å². The second-order valence-electron chi connectivity index (χ2n) is 4.81. The van der Waals surface area contributed by atoms with Crippen molar-refractivity contribution < 1.29 is 26.0 Å². The highest BCUT2D eigenvalue weighted by Gasteiger charge is 2.16. The highest BCUT2D eigenvalue weighted by Crippen LogP contribution is 2.20. The number of nitrogens with two attached hydrogens (primary N) is 1. The van der Waals surface area contributed by atoms with Crippen LogP contribution in [0, 0.1) is 5.82 Å². The van der Waals surface area contributed by atoms with Gasteiger partial charge in [-0.3, -0.25) is 0 Å². The van der Waals surface area contributed by atoms with E-state index in [-0.39, 0.29) is 22.1 Å². The molecule has 0 aliphatic heterocycles. The highest BCUT2D eigenvalue weighted by molar-refractivity contribution is 7.89. The third kappa shape index (κ3) is 4.29. The number of hydrogen-bond acceptors (Lipinski definition) is 5. The number of halogens is 1. The predicted octanol–water partition coefficient (Wildman–Crippen LogP) is 0.960. The largest absolute Gasteiger partial charge is 0.494 e. The molecule has 10 heteroatoms. The zero-order valence-electron chi connectivity index (χ0n) is 12.6. The second-order valence-corrected chi connectivity index (χ2v) is 8.14. The zero-order chi connectivity index (χ0) is 18.0. The van der Waals surface area contributed by atoms with E-state index in [0.717, 1.165) is 6.07 Å². The van der Waals surface area contributed by atoms with Crippen molar-refractivity contribution in [1.82, 2.24) is 4.72 Å². The van der Waals surface area contributed by atoms with Crippen LogP contribution in [0.2, 0.25) is 0 Å². The minimum absolute atomic E-state index is 0.0625. The Morgan fingerprint density at radius 1 is 1.04 bits per heavy atom. The molecule has 0 aliphatic carbocycles. The van der Waals surface area contributed by atoms with Crippen LogP contribution in [-0.2, 0) is 26.6 Å². The fourth-order valence-corrected chi connectivity index (χ4v) is 3.42. The Kier molecular flexibility index (Phi) is 5.23. The smallest absolute Gasteiger partial charge is 0.240 e. The summed E-state index contributed by atoms with van der Waals surface area (Å²) in [5, 5.41) is 4.98. The van der Waals surface area contributed by atoms with Crippen LogP contribution in [0.5, 0.6) is 5.75 Å². The normalized spacial score (nSPS) is 12.1. The quantitative estimate of drug-likeness (QED) is 0.781. The number of benzene rings is 2. The van der Waals surface area contributed by atoms with Gasteiger partial charge in [-0.1, -0.05) is 12.1 Å². The lowest BCUT2D eigenvalue weighted by Crippen LogP contribution is -2.23. The second kappa shape index (κ2) is 6.85. The van der Waals surface area contributed by atoms with E-state index < -0.39 is 25.9 Å². The SMILES string of the molecule is COc1ccc(S(=O)(=O)NCc2ccc(S(N)(=O)=O)cc2)cc1F. The first-order valence-corrected chi connectivity index (χ1v) is 9.61. The third-order valence-electron chi connectivity index (χ3n) is 3.15. The van der Waals surface area contributed by atoms with Gasteiger partial charge in [0.1, 0.15) is 0 Å². The fraction of sp³-hybridized carbons (Fsp3) is 0.143. The molecular weight excluding hydrogens is 359 g/mol. The average Bonchev–Trinajstić information content (AvgIpc) is 2.52. The number of ether oxygens (including phenoxy) is 1. The maximum absolute atomic E-state index is 13.6. The first kappa shape index (κ1) is 18.3. The monoisotopic (exact) mass is 374 g/mol. The van der Waals surface area contributed by atoms with Gasteiger partial charge in [0.25, 0.3) is 0 Å². The van der Waals surface area contributed by atoms with Crippen molar-refractivity contribution in [3.05, 3.63) is 53.8 Å². The predicted molar refractivity (Wildman–Crippen MR) is 84.8 cm³/mol. The van der Waals surface area contributed by atoms with Gasteiger partial charge in [-0.05, 0) is 35.9 Å². The topological polar surface area (TPSA) is 116 Å². The van der Waals surface area contributed by atoms with Crippen LogP contribution in [0.3, 0.4) is 0 Å². The maximum Gasteiger partial charge on any atom is 0.240 e. The fourth-order valence-electron chi connectivity index (χ4n) is 1.87. The highest BCUT2D eigenvalue weighted by atomic mass is 32.2. The van der Waals surface area contributed by atoms with E-state index in [1.165, 1.54) is 43.5 Å². The molecule has 0 unspecified atom stereocenters. The van der Waals surface area contributed by atoms with Gasteiger partial charge in [0, 0.05) is 6.54 Å². The molecule has 0 saturated carbocycles. The lowest BCUT2D eigenvalue weighted by atomic mass is 10.2. The van der Waals surface area contributed by atoms with Gasteiger partial charge in [-0.15, -0.1) is 0 Å². The van der Waals surface area contributed by atoms with Crippen molar-refractivity contribution in [1.29, 1.82) is 0 Å². The molecule has 7 nitrogen and oxygen atoms in total. The molecule has 0 atom stereocenters.